The Kier molecular flexibility index (Phi) is 3.01. The third kappa shape index (κ3) is 2.09. The molecule has 1 aliphatic rings. The molecule has 1 aromatic rings. The maximum absolute atomic E-state index is 13.2. The van der Waals surface area contributed by atoms with Crippen LogP contribution in [0.3, 0.4) is 0 Å². The number of carbonyl (C=O) groups is 1. The zero-order valence-corrected chi connectivity index (χ0v) is 9.33. The van der Waals surface area contributed by atoms with Crippen LogP contribution in [0.15, 0.2) is 12.1 Å². The number of rotatable bonds is 1. The lowest BCUT2D eigenvalue weighted by Crippen LogP contribution is -2.32. The van der Waals surface area contributed by atoms with Crippen molar-refractivity contribution in [3.8, 4) is 18.1 Å². The van der Waals surface area contributed by atoms with Gasteiger partial charge in [0, 0.05) is 0 Å². The van der Waals surface area contributed by atoms with Gasteiger partial charge < -0.3 is 9.47 Å². The molecule has 0 saturated carbocycles. The normalized spacial score (nSPS) is 17.6. The van der Waals surface area contributed by atoms with E-state index in [1.54, 1.807) is 0 Å². The molecule has 0 aromatic heterocycles. The Labute approximate surface area is 98.5 Å². The minimum Gasteiger partial charge on any atom is -0.477 e. The number of fused-ring (bicyclic) bond motifs is 1. The minimum atomic E-state index is -0.662. The van der Waals surface area contributed by atoms with E-state index in [-0.39, 0.29) is 0 Å². The van der Waals surface area contributed by atoms with Crippen molar-refractivity contribution >= 4 is 5.97 Å². The molecule has 0 fully saturated rings. The van der Waals surface area contributed by atoms with E-state index in [1.807, 2.05) is 0 Å². The smallest absolute Gasteiger partial charge is 0.347 e. The number of methoxy groups -OCH3 is 1. The second-order valence-electron chi connectivity index (χ2n) is 3.75. The molecule has 0 bridgehead atoms. The summed E-state index contributed by atoms with van der Waals surface area (Å²) in [5.41, 5.74) is 1.02. The zero-order valence-electron chi connectivity index (χ0n) is 9.33. The molecule has 1 aromatic carbocycles. The van der Waals surface area contributed by atoms with E-state index in [9.17, 15) is 9.18 Å². The number of ether oxygens (including phenoxy) is 2. The highest BCUT2D eigenvalue weighted by molar-refractivity contribution is 5.75. The highest BCUT2D eigenvalue weighted by Gasteiger charge is 2.28. The standard InChI is InChI=1S/C13H11FO3/c1-3-8-6-10(14)7-9-4-5-11(13(15)16-2)17-12(8)9/h1,6-7,11H,4-5H2,2H3. The van der Waals surface area contributed by atoms with E-state index in [4.69, 9.17) is 11.2 Å². The Morgan fingerprint density at radius 1 is 1.65 bits per heavy atom. The largest absolute Gasteiger partial charge is 0.477 e. The van der Waals surface area contributed by atoms with Gasteiger partial charge >= 0.3 is 5.97 Å². The predicted molar refractivity (Wildman–Crippen MR) is 59.1 cm³/mol. The monoisotopic (exact) mass is 234 g/mol. The SMILES string of the molecule is C#Cc1cc(F)cc2c1OC(C(=O)OC)CC2. The topological polar surface area (TPSA) is 35.5 Å². The molecular formula is C13H11FO3. The quantitative estimate of drug-likeness (QED) is 0.547. The van der Waals surface area contributed by atoms with Crippen molar-refractivity contribution in [1.29, 1.82) is 0 Å². The Balaban J connectivity index is 2.37. The van der Waals surface area contributed by atoms with E-state index in [1.165, 1.54) is 19.2 Å². The molecule has 4 heteroatoms. The van der Waals surface area contributed by atoms with Gasteiger partial charge in [-0.05, 0) is 30.5 Å². The van der Waals surface area contributed by atoms with Crippen molar-refractivity contribution in [2.75, 3.05) is 7.11 Å². The Morgan fingerprint density at radius 2 is 2.41 bits per heavy atom. The van der Waals surface area contributed by atoms with E-state index in [2.05, 4.69) is 10.7 Å². The van der Waals surface area contributed by atoms with Crippen LogP contribution in [0, 0.1) is 18.2 Å². The van der Waals surface area contributed by atoms with Gasteiger partial charge in [-0.1, -0.05) is 5.92 Å². The summed E-state index contributed by atoms with van der Waals surface area (Å²) in [6, 6.07) is 2.60. The van der Waals surface area contributed by atoms with Gasteiger partial charge in [-0.25, -0.2) is 9.18 Å². The molecule has 0 spiro atoms. The third-order valence-electron chi connectivity index (χ3n) is 2.69. The fourth-order valence-electron chi connectivity index (χ4n) is 1.87. The number of terminal acetylenes is 1. The first-order valence-corrected chi connectivity index (χ1v) is 5.19. The van der Waals surface area contributed by atoms with Crippen LogP contribution in [0.25, 0.3) is 0 Å². The van der Waals surface area contributed by atoms with Crippen molar-refractivity contribution in [3.63, 3.8) is 0 Å². The average molecular weight is 234 g/mol. The second-order valence-corrected chi connectivity index (χ2v) is 3.75. The fraction of sp³-hybridized carbons (Fsp3) is 0.308. The van der Waals surface area contributed by atoms with Gasteiger partial charge in [-0.15, -0.1) is 6.42 Å². The number of hydrogen-bond acceptors (Lipinski definition) is 3. The lowest BCUT2D eigenvalue weighted by Gasteiger charge is -2.25. The molecule has 1 unspecified atom stereocenters. The van der Waals surface area contributed by atoms with E-state index >= 15 is 0 Å². The van der Waals surface area contributed by atoms with Gasteiger partial charge in [-0.3, -0.25) is 0 Å². The first-order chi connectivity index (χ1) is 8.15. The summed E-state index contributed by atoms with van der Waals surface area (Å²) >= 11 is 0. The van der Waals surface area contributed by atoms with Gasteiger partial charge in [0.25, 0.3) is 0 Å². The number of benzene rings is 1. The fourth-order valence-corrected chi connectivity index (χ4v) is 1.87. The minimum absolute atomic E-state index is 0.327. The molecular weight excluding hydrogens is 223 g/mol. The zero-order chi connectivity index (χ0) is 12.4. The molecule has 0 radical (unpaired) electrons. The molecule has 1 heterocycles. The van der Waals surface area contributed by atoms with Gasteiger partial charge in [0.2, 0.25) is 0 Å². The first kappa shape index (κ1) is 11.5. The highest BCUT2D eigenvalue weighted by atomic mass is 19.1. The maximum Gasteiger partial charge on any atom is 0.347 e. The number of hydrogen-bond donors (Lipinski definition) is 0. The summed E-state index contributed by atoms with van der Waals surface area (Å²) in [6.07, 6.45) is 5.63. The summed E-state index contributed by atoms with van der Waals surface area (Å²) in [7, 11) is 1.30. The molecule has 1 aliphatic heterocycles. The van der Waals surface area contributed by atoms with E-state index in [0.29, 0.717) is 29.7 Å². The summed E-state index contributed by atoms with van der Waals surface area (Å²) in [5, 5.41) is 0. The van der Waals surface area contributed by atoms with Gasteiger partial charge in [-0.2, -0.15) is 0 Å². The van der Waals surface area contributed by atoms with Crippen LogP contribution >= 0.6 is 0 Å². The molecule has 0 N–H and O–H groups in total. The molecule has 0 amide bonds. The number of halogens is 1. The van der Waals surface area contributed by atoms with Crippen LogP contribution in [0.5, 0.6) is 5.75 Å². The Bertz CT molecular complexity index is 502. The van der Waals surface area contributed by atoms with E-state index in [0.717, 1.165) is 0 Å². The van der Waals surface area contributed by atoms with Crippen molar-refractivity contribution < 1.29 is 18.7 Å². The molecule has 0 saturated heterocycles. The maximum atomic E-state index is 13.2. The van der Waals surface area contributed by atoms with Crippen LogP contribution in [0.4, 0.5) is 4.39 Å². The van der Waals surface area contributed by atoms with Crippen molar-refractivity contribution in [1.82, 2.24) is 0 Å². The summed E-state index contributed by atoms with van der Waals surface area (Å²) in [5.74, 6) is 1.94. The van der Waals surface area contributed by atoms with Crippen LogP contribution in [0.1, 0.15) is 17.5 Å². The Hall–Kier alpha value is -2.02. The van der Waals surface area contributed by atoms with Gasteiger partial charge in [0.05, 0.1) is 12.7 Å². The lowest BCUT2D eigenvalue weighted by atomic mass is 9.99. The van der Waals surface area contributed by atoms with Crippen LogP contribution in [0.2, 0.25) is 0 Å². The molecule has 17 heavy (non-hydrogen) atoms. The van der Waals surface area contributed by atoms with Crippen molar-refractivity contribution in [2.24, 2.45) is 0 Å². The average Bonchev–Trinajstić information content (AvgIpc) is 2.36. The predicted octanol–water partition coefficient (Wildman–Crippen LogP) is 1.67. The summed E-state index contributed by atoms with van der Waals surface area (Å²) in [4.78, 5) is 11.4. The highest BCUT2D eigenvalue weighted by Crippen LogP contribution is 2.32. The number of aryl methyl sites for hydroxylation is 1. The van der Waals surface area contributed by atoms with Crippen molar-refractivity contribution in [2.45, 2.75) is 18.9 Å². The van der Waals surface area contributed by atoms with Crippen LogP contribution in [-0.2, 0) is 16.0 Å². The number of carbonyl (C=O) groups excluding carboxylic acids is 1. The summed E-state index contributed by atoms with van der Waals surface area (Å²) < 4.78 is 23.3. The van der Waals surface area contributed by atoms with Gasteiger partial charge in [0.15, 0.2) is 6.10 Å². The Morgan fingerprint density at radius 3 is 3.06 bits per heavy atom. The van der Waals surface area contributed by atoms with Crippen molar-refractivity contribution in [3.05, 3.63) is 29.1 Å². The molecule has 2 rings (SSSR count). The molecule has 0 aliphatic carbocycles. The lowest BCUT2D eigenvalue weighted by molar-refractivity contribution is -0.149. The third-order valence-corrected chi connectivity index (χ3v) is 2.69. The van der Waals surface area contributed by atoms with Gasteiger partial charge in [0.1, 0.15) is 11.6 Å². The number of esters is 1. The van der Waals surface area contributed by atoms with Crippen LogP contribution in [-0.4, -0.2) is 19.2 Å². The van der Waals surface area contributed by atoms with Crippen LogP contribution < -0.4 is 4.74 Å². The van der Waals surface area contributed by atoms with E-state index < -0.39 is 17.9 Å². The first-order valence-electron chi connectivity index (χ1n) is 5.19. The summed E-state index contributed by atoms with van der Waals surface area (Å²) in [6.45, 7) is 0. The second kappa shape index (κ2) is 4.46. The molecule has 88 valence electrons. The molecule has 1 atom stereocenters. The molecule has 3 nitrogen and oxygen atoms in total.